The summed E-state index contributed by atoms with van der Waals surface area (Å²) >= 11 is 0. The molecule has 0 saturated heterocycles. The Labute approximate surface area is 255 Å². The van der Waals surface area contributed by atoms with E-state index in [1.165, 1.54) is 11.6 Å². The number of ether oxygens (including phenoxy) is 2. The molecule has 0 radical (unpaired) electrons. The van der Waals surface area contributed by atoms with Crippen molar-refractivity contribution < 1.29 is 19.1 Å². The highest BCUT2D eigenvalue weighted by molar-refractivity contribution is 6.76. The minimum absolute atomic E-state index is 0.185. The van der Waals surface area contributed by atoms with Crippen molar-refractivity contribution in [2.75, 3.05) is 18.5 Å². The molecule has 1 amide bonds. The molecule has 0 saturated carbocycles. The van der Waals surface area contributed by atoms with Crippen LogP contribution in [-0.4, -0.2) is 42.5 Å². The molecule has 7 nitrogen and oxygen atoms in total. The van der Waals surface area contributed by atoms with E-state index in [9.17, 15) is 9.59 Å². The van der Waals surface area contributed by atoms with Crippen molar-refractivity contribution in [2.24, 2.45) is 0 Å². The van der Waals surface area contributed by atoms with Crippen LogP contribution >= 0.6 is 0 Å². The van der Waals surface area contributed by atoms with Gasteiger partial charge in [0.2, 0.25) is 0 Å². The van der Waals surface area contributed by atoms with E-state index >= 15 is 0 Å². The summed E-state index contributed by atoms with van der Waals surface area (Å²) in [5, 5.41) is 2.88. The van der Waals surface area contributed by atoms with Gasteiger partial charge in [0.1, 0.15) is 18.3 Å². The van der Waals surface area contributed by atoms with E-state index in [0.717, 1.165) is 31.1 Å². The van der Waals surface area contributed by atoms with Crippen molar-refractivity contribution in [1.29, 1.82) is 0 Å². The van der Waals surface area contributed by atoms with Crippen molar-refractivity contribution in [3.05, 3.63) is 120 Å². The van der Waals surface area contributed by atoms with Crippen molar-refractivity contribution in [3.63, 3.8) is 0 Å². The number of benzene rings is 3. The lowest BCUT2D eigenvalue weighted by atomic mass is 10.1. The molecule has 4 aromatic rings. The van der Waals surface area contributed by atoms with E-state index in [-0.39, 0.29) is 11.7 Å². The first-order valence-corrected chi connectivity index (χ1v) is 18.5. The lowest BCUT2D eigenvalue weighted by molar-refractivity contribution is 0.0867. The molecule has 0 bridgehead atoms. The summed E-state index contributed by atoms with van der Waals surface area (Å²) in [7, 11) is -1.15. The number of nitrogens with one attached hydrogen (secondary N) is 1. The Morgan fingerprint density at radius 3 is 2.47 bits per heavy atom. The fourth-order valence-electron chi connectivity index (χ4n) is 4.30. The number of nitrogens with zero attached hydrogens (tertiary/aromatic N) is 2. The van der Waals surface area contributed by atoms with Crippen molar-refractivity contribution in [3.8, 4) is 5.75 Å². The van der Waals surface area contributed by atoms with Gasteiger partial charge in [0, 0.05) is 43.9 Å². The number of hydrogen-bond donors (Lipinski definition) is 1. The lowest BCUT2D eigenvalue weighted by Gasteiger charge is -2.15. The van der Waals surface area contributed by atoms with Crippen LogP contribution < -0.4 is 10.1 Å². The van der Waals surface area contributed by atoms with Crippen LogP contribution in [0.15, 0.2) is 97.3 Å². The van der Waals surface area contributed by atoms with E-state index in [2.05, 4.69) is 54.2 Å². The molecule has 0 aliphatic heterocycles. The molecule has 224 valence electrons. The summed E-state index contributed by atoms with van der Waals surface area (Å²) in [6.07, 6.45) is 9.74. The highest BCUT2D eigenvalue weighted by Gasteiger charge is 2.12. The van der Waals surface area contributed by atoms with Gasteiger partial charge in [-0.15, -0.1) is 0 Å². The SMILES string of the molecule is C[Si](C)(C)CCOCn1ccnc1C=CC(=O)c1cccc(NC(=O)c2ccc(OCCCCc3ccccc3)cc2)c1. The molecule has 1 N–H and O–H groups in total. The Morgan fingerprint density at radius 1 is 0.907 bits per heavy atom. The molecule has 0 fully saturated rings. The minimum atomic E-state index is -1.15. The number of rotatable bonds is 16. The Balaban J connectivity index is 1.24. The van der Waals surface area contributed by atoms with Gasteiger partial charge in [-0.25, -0.2) is 4.98 Å². The van der Waals surface area contributed by atoms with Crippen LogP contribution in [0.3, 0.4) is 0 Å². The van der Waals surface area contributed by atoms with Crippen molar-refractivity contribution in [1.82, 2.24) is 9.55 Å². The van der Waals surface area contributed by atoms with Crippen molar-refractivity contribution >= 4 is 31.5 Å². The second-order valence-corrected chi connectivity index (χ2v) is 17.3. The smallest absolute Gasteiger partial charge is 0.255 e. The van der Waals surface area contributed by atoms with E-state index in [1.54, 1.807) is 60.8 Å². The molecular formula is C35H41N3O4Si. The molecule has 0 unspecified atom stereocenters. The monoisotopic (exact) mass is 595 g/mol. The largest absolute Gasteiger partial charge is 0.494 e. The summed E-state index contributed by atoms with van der Waals surface area (Å²) < 4.78 is 13.5. The Bertz CT molecular complexity index is 1490. The zero-order valence-electron chi connectivity index (χ0n) is 25.3. The van der Waals surface area contributed by atoms with E-state index in [4.69, 9.17) is 9.47 Å². The first kappa shape index (κ1) is 31.7. The maximum absolute atomic E-state index is 12.9. The molecule has 0 aliphatic rings. The maximum Gasteiger partial charge on any atom is 0.255 e. The van der Waals surface area contributed by atoms with Gasteiger partial charge >= 0.3 is 0 Å². The van der Waals surface area contributed by atoms with Crippen molar-refractivity contribution in [2.45, 2.75) is 51.7 Å². The molecule has 4 rings (SSSR count). The highest BCUT2D eigenvalue weighted by Crippen LogP contribution is 2.17. The number of allylic oxidation sites excluding steroid dienone is 1. The zero-order valence-corrected chi connectivity index (χ0v) is 26.3. The predicted molar refractivity (Wildman–Crippen MR) is 175 cm³/mol. The van der Waals surface area contributed by atoms with Crippen LogP contribution in [-0.2, 0) is 17.9 Å². The maximum atomic E-state index is 12.9. The van der Waals surface area contributed by atoms with Gasteiger partial charge in [-0.3, -0.25) is 9.59 Å². The van der Waals surface area contributed by atoms with Gasteiger partial charge in [0.05, 0.1) is 6.61 Å². The first-order valence-electron chi connectivity index (χ1n) is 14.8. The molecule has 1 aromatic heterocycles. The van der Waals surface area contributed by atoms with E-state index < -0.39 is 8.07 Å². The Morgan fingerprint density at radius 2 is 1.70 bits per heavy atom. The molecule has 43 heavy (non-hydrogen) atoms. The fourth-order valence-corrected chi connectivity index (χ4v) is 5.05. The number of unbranched alkanes of at least 4 members (excludes halogenated alkanes) is 1. The fraction of sp³-hybridized carbons (Fsp3) is 0.286. The lowest BCUT2D eigenvalue weighted by Crippen LogP contribution is -2.22. The predicted octanol–water partition coefficient (Wildman–Crippen LogP) is 7.75. The molecule has 3 aromatic carbocycles. The summed E-state index contributed by atoms with van der Waals surface area (Å²) in [6.45, 7) is 8.68. The van der Waals surface area contributed by atoms with Gasteiger partial charge in [-0.2, -0.15) is 0 Å². The van der Waals surface area contributed by atoms with Crippen LogP contribution in [0, 0.1) is 0 Å². The van der Waals surface area contributed by atoms with E-state index in [0.29, 0.717) is 42.6 Å². The standard InChI is InChI=1S/C35H41N3O4Si/c1-43(2,3)25-24-41-27-38-22-21-36-34(38)20-19-33(39)30-13-9-14-31(26-30)37-35(40)29-15-17-32(18-16-29)42-23-8-7-12-28-10-5-4-6-11-28/h4-6,9-11,13-22,26H,7-8,12,23-25,27H2,1-3H3,(H,37,40). The summed E-state index contributed by atoms with van der Waals surface area (Å²) in [5.41, 5.74) is 2.85. The third-order valence-corrected chi connectivity index (χ3v) is 8.56. The number of imidazole rings is 1. The van der Waals surface area contributed by atoms with E-state index in [1.807, 2.05) is 16.8 Å². The van der Waals surface area contributed by atoms with Crippen LogP contribution in [0.4, 0.5) is 5.69 Å². The molecular weight excluding hydrogens is 554 g/mol. The Kier molecular flexibility index (Phi) is 11.6. The third kappa shape index (κ3) is 10.8. The summed E-state index contributed by atoms with van der Waals surface area (Å²) in [5.74, 6) is 0.932. The number of hydrogen-bond acceptors (Lipinski definition) is 5. The first-order chi connectivity index (χ1) is 20.8. The molecule has 0 atom stereocenters. The minimum Gasteiger partial charge on any atom is -0.494 e. The van der Waals surface area contributed by atoms with Gasteiger partial charge in [0.15, 0.2) is 5.78 Å². The number of amides is 1. The van der Waals surface area contributed by atoms with Gasteiger partial charge in [-0.1, -0.05) is 62.1 Å². The summed E-state index contributed by atoms with van der Waals surface area (Å²) in [4.78, 5) is 30.1. The van der Waals surface area contributed by atoms with Crippen LogP contribution in [0.1, 0.15) is 44.9 Å². The number of carbonyl (C=O) groups is 2. The highest BCUT2D eigenvalue weighted by atomic mass is 28.3. The summed E-state index contributed by atoms with van der Waals surface area (Å²) in [6, 6.07) is 25.5. The molecule has 0 spiro atoms. The zero-order chi connectivity index (χ0) is 30.5. The van der Waals surface area contributed by atoms with Crippen LogP contribution in [0.25, 0.3) is 6.08 Å². The van der Waals surface area contributed by atoms with Crippen LogP contribution in [0.5, 0.6) is 5.75 Å². The van der Waals surface area contributed by atoms with Gasteiger partial charge < -0.3 is 19.4 Å². The molecule has 0 aliphatic carbocycles. The number of aromatic nitrogens is 2. The average molecular weight is 596 g/mol. The number of carbonyl (C=O) groups excluding carboxylic acids is 2. The van der Waals surface area contributed by atoms with Crippen LogP contribution in [0.2, 0.25) is 25.7 Å². The molecule has 1 heterocycles. The normalized spacial score (nSPS) is 11.5. The van der Waals surface area contributed by atoms with Gasteiger partial charge in [-0.05, 0) is 79.4 Å². The quantitative estimate of drug-likeness (QED) is 0.0620. The number of anilines is 1. The average Bonchev–Trinajstić information content (AvgIpc) is 3.45. The second kappa shape index (κ2) is 15.8. The molecule has 8 heteroatoms. The van der Waals surface area contributed by atoms with Gasteiger partial charge in [0.25, 0.3) is 5.91 Å². The Hall–Kier alpha value is -4.27. The topological polar surface area (TPSA) is 82.5 Å². The number of aryl methyl sites for hydroxylation is 1. The third-order valence-electron chi connectivity index (χ3n) is 6.85. The second-order valence-electron chi connectivity index (χ2n) is 11.7. The number of ketones is 1.